The molecule has 0 fully saturated rings. The summed E-state index contributed by atoms with van der Waals surface area (Å²) in [7, 11) is 0. The van der Waals surface area contributed by atoms with Crippen molar-refractivity contribution in [2.75, 3.05) is 6.61 Å². The first-order valence-electron chi connectivity index (χ1n) is 7.56. The van der Waals surface area contributed by atoms with Crippen molar-refractivity contribution < 1.29 is 32.7 Å². The Labute approximate surface area is 147 Å². The van der Waals surface area contributed by atoms with Gasteiger partial charge in [0.15, 0.2) is 12.4 Å². The van der Waals surface area contributed by atoms with Crippen molar-refractivity contribution in [1.29, 1.82) is 0 Å². The van der Waals surface area contributed by atoms with Crippen LogP contribution in [0.3, 0.4) is 0 Å². The maximum Gasteiger partial charge on any atom is 0.328 e. The monoisotopic (exact) mass is 363 g/mol. The smallest absolute Gasteiger partial charge is 0.328 e. The number of hydrogen-bond acceptors (Lipinski definition) is 7. The SMILES string of the molecule is C[C@H](NC(=O)c1ccco1)C(=O)OCC(=O)NC(=O)NCc1ccco1. The Morgan fingerprint density at radius 1 is 1.12 bits per heavy atom. The number of rotatable bonds is 7. The first-order chi connectivity index (χ1) is 12.5. The summed E-state index contributed by atoms with van der Waals surface area (Å²) < 4.78 is 14.6. The number of ether oxygens (including phenoxy) is 1. The van der Waals surface area contributed by atoms with Crippen LogP contribution >= 0.6 is 0 Å². The Balaban J connectivity index is 1.66. The van der Waals surface area contributed by atoms with Crippen molar-refractivity contribution in [3.63, 3.8) is 0 Å². The van der Waals surface area contributed by atoms with Crippen LogP contribution < -0.4 is 16.0 Å². The molecule has 2 aromatic rings. The number of imide groups is 1. The maximum absolute atomic E-state index is 11.8. The minimum atomic E-state index is -1.01. The van der Waals surface area contributed by atoms with Crippen molar-refractivity contribution in [2.24, 2.45) is 0 Å². The van der Waals surface area contributed by atoms with Gasteiger partial charge in [0, 0.05) is 0 Å². The van der Waals surface area contributed by atoms with Crippen LogP contribution in [-0.2, 0) is 20.9 Å². The number of furan rings is 2. The number of carbonyl (C=O) groups is 4. The first-order valence-corrected chi connectivity index (χ1v) is 7.56. The van der Waals surface area contributed by atoms with Gasteiger partial charge in [0.2, 0.25) is 0 Å². The van der Waals surface area contributed by atoms with Crippen molar-refractivity contribution in [1.82, 2.24) is 16.0 Å². The average molecular weight is 363 g/mol. The van der Waals surface area contributed by atoms with Crippen LogP contribution in [0.15, 0.2) is 45.6 Å². The number of nitrogens with one attached hydrogen (secondary N) is 3. The molecule has 10 heteroatoms. The largest absolute Gasteiger partial charge is 0.467 e. The van der Waals surface area contributed by atoms with Crippen LogP contribution in [0.25, 0.3) is 0 Å². The molecule has 4 amide bonds. The minimum Gasteiger partial charge on any atom is -0.467 e. The van der Waals surface area contributed by atoms with Crippen LogP contribution in [0.2, 0.25) is 0 Å². The highest BCUT2D eigenvalue weighted by atomic mass is 16.5. The van der Waals surface area contributed by atoms with Crippen molar-refractivity contribution in [3.8, 4) is 0 Å². The number of esters is 1. The van der Waals surface area contributed by atoms with E-state index in [0.29, 0.717) is 5.76 Å². The minimum absolute atomic E-state index is 0.0376. The molecule has 0 saturated heterocycles. The molecule has 0 unspecified atom stereocenters. The molecule has 3 N–H and O–H groups in total. The molecule has 0 radical (unpaired) electrons. The number of carbonyl (C=O) groups excluding carboxylic acids is 4. The van der Waals surface area contributed by atoms with Gasteiger partial charge in [-0.1, -0.05) is 0 Å². The lowest BCUT2D eigenvalue weighted by atomic mass is 10.3. The van der Waals surface area contributed by atoms with Crippen LogP contribution in [0.1, 0.15) is 23.2 Å². The fourth-order valence-electron chi connectivity index (χ4n) is 1.78. The summed E-state index contributed by atoms with van der Waals surface area (Å²) in [6.07, 6.45) is 2.77. The van der Waals surface area contributed by atoms with Crippen molar-refractivity contribution in [3.05, 3.63) is 48.3 Å². The van der Waals surface area contributed by atoms with Crippen molar-refractivity contribution in [2.45, 2.75) is 19.5 Å². The fourth-order valence-corrected chi connectivity index (χ4v) is 1.78. The molecule has 0 saturated carbocycles. The zero-order chi connectivity index (χ0) is 18.9. The summed E-state index contributed by atoms with van der Waals surface area (Å²) in [6.45, 7) is 0.812. The molecule has 0 bridgehead atoms. The van der Waals surface area contributed by atoms with E-state index in [9.17, 15) is 19.2 Å². The second-order valence-corrected chi connectivity index (χ2v) is 5.09. The number of hydrogen-bond donors (Lipinski definition) is 3. The molecule has 2 heterocycles. The lowest BCUT2D eigenvalue weighted by molar-refractivity contribution is -0.149. The lowest BCUT2D eigenvalue weighted by Crippen LogP contribution is -2.43. The maximum atomic E-state index is 11.8. The zero-order valence-corrected chi connectivity index (χ0v) is 13.8. The Morgan fingerprint density at radius 2 is 1.85 bits per heavy atom. The highest BCUT2D eigenvalue weighted by Gasteiger charge is 2.20. The molecule has 2 aromatic heterocycles. The van der Waals surface area contributed by atoms with Gasteiger partial charge < -0.3 is 24.2 Å². The van der Waals surface area contributed by atoms with Crippen molar-refractivity contribution >= 4 is 23.8 Å². The van der Waals surface area contributed by atoms with Crippen LogP contribution in [0, 0.1) is 0 Å². The summed E-state index contributed by atoms with van der Waals surface area (Å²) in [4.78, 5) is 46.6. The Hall–Kier alpha value is -3.56. The third-order valence-corrected chi connectivity index (χ3v) is 3.05. The fraction of sp³-hybridized carbons (Fsp3) is 0.250. The number of urea groups is 1. The van der Waals surface area contributed by atoms with Gasteiger partial charge in [-0.15, -0.1) is 0 Å². The Morgan fingerprint density at radius 3 is 2.50 bits per heavy atom. The molecule has 0 aliphatic rings. The van der Waals surface area contributed by atoms with E-state index < -0.39 is 36.5 Å². The Bertz CT molecular complexity index is 753. The number of amides is 4. The van der Waals surface area contributed by atoms with Gasteiger partial charge in [0.05, 0.1) is 19.1 Å². The zero-order valence-electron chi connectivity index (χ0n) is 13.8. The van der Waals surface area contributed by atoms with E-state index in [-0.39, 0.29) is 12.3 Å². The van der Waals surface area contributed by atoms with E-state index in [1.165, 1.54) is 31.6 Å². The molecular formula is C16H17N3O7. The molecule has 0 aliphatic heterocycles. The summed E-state index contributed by atoms with van der Waals surface area (Å²) >= 11 is 0. The second-order valence-electron chi connectivity index (χ2n) is 5.09. The highest BCUT2D eigenvalue weighted by molar-refractivity contribution is 5.96. The molecular weight excluding hydrogens is 346 g/mol. The van der Waals surface area contributed by atoms with E-state index in [2.05, 4.69) is 10.6 Å². The second kappa shape index (κ2) is 9.06. The molecule has 0 aliphatic carbocycles. The average Bonchev–Trinajstić information content (AvgIpc) is 3.30. The van der Waals surface area contributed by atoms with Gasteiger partial charge in [-0.05, 0) is 31.2 Å². The van der Waals surface area contributed by atoms with Crippen LogP contribution in [0.5, 0.6) is 0 Å². The molecule has 10 nitrogen and oxygen atoms in total. The Kier molecular flexibility index (Phi) is 6.54. The predicted molar refractivity (Wildman–Crippen MR) is 85.7 cm³/mol. The molecule has 2 rings (SSSR count). The topological polar surface area (TPSA) is 140 Å². The summed E-state index contributed by atoms with van der Waals surface area (Å²) in [5.41, 5.74) is 0. The van der Waals surface area contributed by atoms with E-state index in [0.717, 1.165) is 0 Å². The molecule has 0 aromatic carbocycles. The van der Waals surface area contributed by atoms with Crippen LogP contribution in [0.4, 0.5) is 4.79 Å². The van der Waals surface area contributed by atoms with Gasteiger partial charge in [-0.2, -0.15) is 0 Å². The summed E-state index contributed by atoms with van der Waals surface area (Å²) in [5, 5.41) is 6.74. The van der Waals surface area contributed by atoms with Gasteiger partial charge in [-0.3, -0.25) is 14.9 Å². The third-order valence-electron chi connectivity index (χ3n) is 3.05. The third kappa shape index (κ3) is 5.82. The molecule has 1 atom stereocenters. The molecule has 0 spiro atoms. The van der Waals surface area contributed by atoms with Gasteiger partial charge in [-0.25, -0.2) is 9.59 Å². The van der Waals surface area contributed by atoms with E-state index >= 15 is 0 Å². The summed E-state index contributed by atoms with van der Waals surface area (Å²) in [6, 6.07) is 4.50. The van der Waals surface area contributed by atoms with E-state index in [1.54, 1.807) is 12.1 Å². The standard InChI is InChI=1S/C16H17N3O7/c1-10(18-14(21)12-5-3-7-25-12)15(22)26-9-13(20)19-16(23)17-8-11-4-2-6-24-11/h2-7,10H,8-9H2,1H3,(H,18,21)(H2,17,19,20,23)/t10-/m0/s1. The molecule has 138 valence electrons. The van der Waals surface area contributed by atoms with Crippen LogP contribution in [-0.4, -0.2) is 36.5 Å². The van der Waals surface area contributed by atoms with Gasteiger partial charge in [0.1, 0.15) is 11.8 Å². The van der Waals surface area contributed by atoms with Gasteiger partial charge >= 0.3 is 12.0 Å². The lowest BCUT2D eigenvalue weighted by Gasteiger charge is -2.12. The predicted octanol–water partition coefficient (Wildman–Crippen LogP) is 0.560. The first kappa shape index (κ1) is 18.8. The van der Waals surface area contributed by atoms with Gasteiger partial charge in [0.25, 0.3) is 11.8 Å². The van der Waals surface area contributed by atoms with E-state index in [1.807, 2.05) is 5.32 Å². The highest BCUT2D eigenvalue weighted by Crippen LogP contribution is 2.01. The summed E-state index contributed by atoms with van der Waals surface area (Å²) in [5.74, 6) is -1.70. The van der Waals surface area contributed by atoms with E-state index in [4.69, 9.17) is 13.6 Å². The molecule has 26 heavy (non-hydrogen) atoms. The quantitative estimate of drug-likeness (QED) is 0.611. The normalized spacial score (nSPS) is 11.3.